The van der Waals surface area contributed by atoms with Crippen LogP contribution in [0.4, 0.5) is 18.9 Å². The minimum atomic E-state index is -4.55. The van der Waals surface area contributed by atoms with Gasteiger partial charge < -0.3 is 5.32 Å². The number of thiocarbonyl (C=S) groups is 1. The summed E-state index contributed by atoms with van der Waals surface area (Å²) in [5, 5.41) is 14.6. The monoisotopic (exact) mass is 501 g/mol. The van der Waals surface area contributed by atoms with E-state index in [1.54, 1.807) is 12.1 Å². The summed E-state index contributed by atoms with van der Waals surface area (Å²) in [6.07, 6.45) is -4.55. The van der Waals surface area contributed by atoms with Crippen molar-refractivity contribution < 1.29 is 18.0 Å². The smallest absolute Gasteiger partial charge is 0.331 e. The number of halogens is 4. The molecule has 0 aliphatic rings. The Kier molecular flexibility index (Phi) is 7.88. The van der Waals surface area contributed by atoms with Gasteiger partial charge in [-0.15, -0.1) is 22.0 Å². The lowest BCUT2D eigenvalue weighted by atomic mass is 10.2. The van der Waals surface area contributed by atoms with Crippen LogP contribution < -0.4 is 16.2 Å². The van der Waals surface area contributed by atoms with Crippen molar-refractivity contribution in [3.8, 4) is 0 Å². The summed E-state index contributed by atoms with van der Waals surface area (Å²) in [5.74, 6) is 0.285. The minimum absolute atomic E-state index is 0.221. The van der Waals surface area contributed by atoms with E-state index in [9.17, 15) is 18.0 Å². The number of carbonyl (C=O) groups excluding carboxylic acids is 1. The quantitative estimate of drug-likeness (QED) is 0.267. The summed E-state index contributed by atoms with van der Waals surface area (Å²) in [4.78, 5) is 14.1. The number of hydrazine groups is 1. The Morgan fingerprint density at radius 2 is 1.84 bits per heavy atom. The van der Waals surface area contributed by atoms with E-state index in [2.05, 4.69) is 31.6 Å². The lowest BCUT2D eigenvalue weighted by Gasteiger charge is -2.15. The lowest BCUT2D eigenvalue weighted by molar-refractivity contribution is -0.137. The summed E-state index contributed by atoms with van der Waals surface area (Å²) in [5.41, 5.74) is 3.47. The molecule has 3 N–H and O–H groups in total. The normalized spacial score (nSPS) is 11.1. The van der Waals surface area contributed by atoms with Crippen molar-refractivity contribution in [2.45, 2.75) is 23.4 Å². The maximum atomic E-state index is 13.0. The van der Waals surface area contributed by atoms with Gasteiger partial charge in [-0.1, -0.05) is 23.7 Å². The number of hydrogen-bond acceptors (Lipinski definition) is 6. The Morgan fingerprint density at radius 1 is 1.12 bits per heavy atom. The molecule has 0 spiro atoms. The molecule has 2 aromatic carbocycles. The van der Waals surface area contributed by atoms with Crippen molar-refractivity contribution >= 4 is 52.3 Å². The first-order chi connectivity index (χ1) is 15.2. The molecule has 0 atom stereocenters. The second-order valence-corrected chi connectivity index (χ2v) is 8.04. The van der Waals surface area contributed by atoms with Crippen LogP contribution in [0.3, 0.4) is 0 Å². The van der Waals surface area contributed by atoms with E-state index in [1.165, 1.54) is 30.0 Å². The number of alkyl halides is 3. The van der Waals surface area contributed by atoms with Gasteiger partial charge in [0.05, 0.1) is 17.0 Å². The summed E-state index contributed by atoms with van der Waals surface area (Å²) in [6.45, 7) is -0.270. The highest BCUT2D eigenvalue weighted by molar-refractivity contribution is 7.98. The third-order valence-corrected chi connectivity index (χ3v) is 5.22. The van der Waals surface area contributed by atoms with E-state index in [1.807, 2.05) is 12.1 Å². The Labute approximate surface area is 194 Å². The van der Waals surface area contributed by atoms with Gasteiger partial charge in [-0.3, -0.25) is 15.6 Å². The number of carbonyl (C=O) groups is 1. The molecule has 8 nitrogen and oxygen atoms in total. The molecule has 3 aromatic rings. The van der Waals surface area contributed by atoms with E-state index >= 15 is 0 Å². The summed E-state index contributed by atoms with van der Waals surface area (Å²) < 4.78 is 39.1. The molecule has 14 heteroatoms. The Morgan fingerprint density at radius 3 is 2.56 bits per heavy atom. The van der Waals surface area contributed by atoms with Crippen LogP contribution in [0.15, 0.2) is 53.4 Å². The second-order valence-electron chi connectivity index (χ2n) is 6.15. The van der Waals surface area contributed by atoms with Crippen molar-refractivity contribution in [1.82, 2.24) is 31.1 Å². The largest absolute Gasteiger partial charge is 0.418 e. The van der Waals surface area contributed by atoms with Gasteiger partial charge in [-0.25, -0.2) is 0 Å². The van der Waals surface area contributed by atoms with E-state index < -0.39 is 17.6 Å². The molecule has 3 rings (SSSR count). The van der Waals surface area contributed by atoms with Crippen LogP contribution in [-0.2, 0) is 23.3 Å². The Hall–Kier alpha value is -2.90. The molecule has 0 bridgehead atoms. The Balaban J connectivity index is 1.45. The first-order valence-corrected chi connectivity index (χ1v) is 10.6. The van der Waals surface area contributed by atoms with Crippen LogP contribution in [0.5, 0.6) is 0 Å². The van der Waals surface area contributed by atoms with Crippen LogP contribution >= 0.6 is 35.6 Å². The van der Waals surface area contributed by atoms with Crippen LogP contribution in [-0.4, -0.2) is 31.2 Å². The molecule has 1 amide bonds. The van der Waals surface area contributed by atoms with Crippen molar-refractivity contribution in [3.05, 3.63) is 64.9 Å². The zero-order valence-electron chi connectivity index (χ0n) is 16.1. The number of amides is 1. The number of nitrogens with one attached hydrogen (secondary N) is 3. The van der Waals surface area contributed by atoms with Gasteiger partial charge in [-0.2, -0.15) is 18.0 Å². The number of nitrogens with zero attached hydrogens (tertiary/aromatic N) is 4. The molecule has 0 saturated heterocycles. The van der Waals surface area contributed by atoms with E-state index in [0.29, 0.717) is 16.6 Å². The van der Waals surface area contributed by atoms with Crippen LogP contribution in [0.2, 0.25) is 5.02 Å². The van der Waals surface area contributed by atoms with E-state index in [0.717, 1.165) is 15.8 Å². The molecule has 32 heavy (non-hydrogen) atoms. The number of rotatable bonds is 6. The molecule has 0 unspecified atom stereocenters. The molecule has 0 radical (unpaired) electrons. The second kappa shape index (κ2) is 10.6. The van der Waals surface area contributed by atoms with Gasteiger partial charge in [-0.05, 0) is 53.8 Å². The number of anilines is 1. The fourth-order valence-electron chi connectivity index (χ4n) is 2.37. The molecule has 0 fully saturated rings. The topological polar surface area (TPSA) is 96.8 Å². The molecule has 0 aliphatic heterocycles. The average Bonchev–Trinajstić information content (AvgIpc) is 3.19. The number of para-hydroxylation sites is 1. The molecular formula is C18H15ClF3N7OS2. The molecule has 168 valence electrons. The van der Waals surface area contributed by atoms with Gasteiger partial charge >= 0.3 is 6.18 Å². The van der Waals surface area contributed by atoms with Gasteiger partial charge in [0.1, 0.15) is 6.54 Å². The maximum absolute atomic E-state index is 13.0. The Bertz CT molecular complexity index is 1090. The van der Waals surface area contributed by atoms with Crippen molar-refractivity contribution in [2.75, 3.05) is 5.32 Å². The molecule has 0 aliphatic carbocycles. The third kappa shape index (κ3) is 7.07. The molecule has 0 saturated carbocycles. The van der Waals surface area contributed by atoms with Crippen LogP contribution in [0.1, 0.15) is 11.4 Å². The van der Waals surface area contributed by atoms with Gasteiger partial charge in [0, 0.05) is 9.92 Å². The standard InChI is InChI=1S/C18H15ClF3N7OS2/c19-11-5-7-12(8-6-11)32-10-15-24-28-29(27-15)9-16(30)25-26-17(31)23-14-4-2-1-3-13(14)18(20,21)22/h1-8H,9-10H2,(H,25,30)(H2,23,26,31). The fourth-order valence-corrected chi connectivity index (χ4v) is 3.39. The number of tetrazole rings is 1. The predicted octanol–water partition coefficient (Wildman–Crippen LogP) is 3.66. The van der Waals surface area contributed by atoms with Crippen molar-refractivity contribution in [2.24, 2.45) is 0 Å². The average molecular weight is 502 g/mol. The minimum Gasteiger partial charge on any atom is -0.331 e. The lowest BCUT2D eigenvalue weighted by Crippen LogP contribution is -2.45. The first-order valence-electron chi connectivity index (χ1n) is 8.88. The molecule has 1 aromatic heterocycles. The number of benzene rings is 2. The zero-order chi connectivity index (χ0) is 23.1. The molecule has 1 heterocycles. The summed E-state index contributed by atoms with van der Waals surface area (Å²) in [6, 6.07) is 12.1. The molecular weight excluding hydrogens is 487 g/mol. The van der Waals surface area contributed by atoms with Crippen molar-refractivity contribution in [3.63, 3.8) is 0 Å². The fraction of sp³-hybridized carbons (Fsp3) is 0.167. The van der Waals surface area contributed by atoms with Gasteiger partial charge in [0.2, 0.25) is 0 Å². The van der Waals surface area contributed by atoms with Crippen LogP contribution in [0.25, 0.3) is 0 Å². The van der Waals surface area contributed by atoms with Gasteiger partial charge in [0.25, 0.3) is 5.91 Å². The van der Waals surface area contributed by atoms with Crippen LogP contribution in [0, 0.1) is 0 Å². The van der Waals surface area contributed by atoms with Crippen molar-refractivity contribution in [1.29, 1.82) is 0 Å². The van der Waals surface area contributed by atoms with E-state index in [-0.39, 0.29) is 17.3 Å². The maximum Gasteiger partial charge on any atom is 0.418 e. The highest BCUT2D eigenvalue weighted by Crippen LogP contribution is 2.34. The van der Waals surface area contributed by atoms with Gasteiger partial charge in [0.15, 0.2) is 10.9 Å². The zero-order valence-corrected chi connectivity index (χ0v) is 18.4. The predicted molar refractivity (Wildman–Crippen MR) is 118 cm³/mol. The summed E-state index contributed by atoms with van der Waals surface area (Å²) >= 11 is 12.2. The number of thioether (sulfide) groups is 1. The highest BCUT2D eigenvalue weighted by Gasteiger charge is 2.33. The first kappa shape index (κ1) is 23.8. The SMILES string of the molecule is O=C(Cn1nnc(CSc2ccc(Cl)cc2)n1)NNC(=S)Nc1ccccc1C(F)(F)F. The summed E-state index contributed by atoms with van der Waals surface area (Å²) in [7, 11) is 0. The van der Waals surface area contributed by atoms with E-state index in [4.69, 9.17) is 23.8 Å². The number of aromatic nitrogens is 4. The highest BCUT2D eigenvalue weighted by atomic mass is 35.5. The third-order valence-electron chi connectivity index (χ3n) is 3.76. The number of hydrogen-bond donors (Lipinski definition) is 3.